The van der Waals surface area contributed by atoms with Crippen molar-refractivity contribution in [3.8, 4) is 0 Å². The Bertz CT molecular complexity index is 338. The molecule has 0 saturated carbocycles. The molecule has 100 valence electrons. The number of aliphatic carboxylic acids is 1. The van der Waals surface area contributed by atoms with Crippen LogP contribution in [0.2, 0.25) is 0 Å². The van der Waals surface area contributed by atoms with E-state index in [2.05, 4.69) is 36.1 Å². The average molecular weight is 249 g/mol. The minimum atomic E-state index is -0.709. The maximum Gasteiger partial charge on any atom is 0.304 e. The Morgan fingerprint density at radius 2 is 1.89 bits per heavy atom. The van der Waals surface area contributed by atoms with Gasteiger partial charge in [-0.1, -0.05) is 37.3 Å². The third-order valence-electron chi connectivity index (χ3n) is 2.96. The van der Waals surface area contributed by atoms with Gasteiger partial charge in [0.2, 0.25) is 0 Å². The van der Waals surface area contributed by atoms with Gasteiger partial charge in [-0.15, -0.1) is 0 Å². The highest BCUT2D eigenvalue weighted by Crippen LogP contribution is 2.04. The summed E-state index contributed by atoms with van der Waals surface area (Å²) in [5.41, 5.74) is 1.35. The Kier molecular flexibility index (Phi) is 7.11. The van der Waals surface area contributed by atoms with Crippen molar-refractivity contribution in [3.05, 3.63) is 35.9 Å². The summed E-state index contributed by atoms with van der Waals surface area (Å²) < 4.78 is 0. The van der Waals surface area contributed by atoms with E-state index in [9.17, 15) is 4.79 Å². The first-order valence-electron chi connectivity index (χ1n) is 6.70. The number of hydrogen-bond acceptors (Lipinski definition) is 2. The summed E-state index contributed by atoms with van der Waals surface area (Å²) >= 11 is 0. The van der Waals surface area contributed by atoms with Crippen LogP contribution < -0.4 is 0 Å². The van der Waals surface area contributed by atoms with Crippen molar-refractivity contribution in [2.75, 3.05) is 19.6 Å². The number of benzene rings is 1. The lowest BCUT2D eigenvalue weighted by molar-refractivity contribution is -0.137. The molecule has 3 nitrogen and oxygen atoms in total. The van der Waals surface area contributed by atoms with Crippen molar-refractivity contribution in [2.45, 2.75) is 32.6 Å². The molecule has 0 aromatic heterocycles. The zero-order valence-electron chi connectivity index (χ0n) is 11.1. The van der Waals surface area contributed by atoms with Crippen LogP contribution in [-0.2, 0) is 11.2 Å². The highest BCUT2D eigenvalue weighted by atomic mass is 16.4. The average Bonchev–Trinajstić information content (AvgIpc) is 2.37. The summed E-state index contributed by atoms with van der Waals surface area (Å²) in [6.07, 6.45) is 3.47. The Balaban J connectivity index is 2.26. The number of nitrogens with zero attached hydrogens (tertiary/aromatic N) is 1. The standard InChI is InChI=1S/C15H23NO2/c1-2-11-16(13-10-15(17)18)12-6-9-14-7-4-3-5-8-14/h3-5,7-8H,2,6,9-13H2,1H3,(H,17,18). The second-order valence-electron chi connectivity index (χ2n) is 4.57. The quantitative estimate of drug-likeness (QED) is 0.731. The molecule has 0 heterocycles. The van der Waals surface area contributed by atoms with E-state index in [4.69, 9.17) is 5.11 Å². The van der Waals surface area contributed by atoms with Crippen LogP contribution in [0.1, 0.15) is 31.7 Å². The molecule has 0 radical (unpaired) electrons. The molecule has 1 aromatic rings. The van der Waals surface area contributed by atoms with Gasteiger partial charge in [0.05, 0.1) is 6.42 Å². The lowest BCUT2D eigenvalue weighted by atomic mass is 10.1. The van der Waals surface area contributed by atoms with Crippen LogP contribution in [0, 0.1) is 0 Å². The molecule has 1 N–H and O–H groups in total. The highest BCUT2D eigenvalue weighted by molar-refractivity contribution is 5.66. The summed E-state index contributed by atoms with van der Waals surface area (Å²) in [6, 6.07) is 10.4. The molecule has 0 aliphatic carbocycles. The van der Waals surface area contributed by atoms with Crippen molar-refractivity contribution in [2.24, 2.45) is 0 Å². The van der Waals surface area contributed by atoms with Gasteiger partial charge in [0.15, 0.2) is 0 Å². The Morgan fingerprint density at radius 3 is 2.50 bits per heavy atom. The van der Waals surface area contributed by atoms with Gasteiger partial charge in [-0.25, -0.2) is 0 Å². The molecule has 1 aromatic carbocycles. The van der Waals surface area contributed by atoms with E-state index in [0.29, 0.717) is 6.54 Å². The fourth-order valence-corrected chi connectivity index (χ4v) is 2.06. The molecular formula is C15H23NO2. The van der Waals surface area contributed by atoms with Crippen LogP contribution in [0.15, 0.2) is 30.3 Å². The molecule has 1 rings (SSSR count). The molecule has 0 saturated heterocycles. The van der Waals surface area contributed by atoms with Gasteiger partial charge in [0.1, 0.15) is 0 Å². The number of rotatable bonds is 9. The van der Waals surface area contributed by atoms with E-state index in [0.717, 1.165) is 32.4 Å². The van der Waals surface area contributed by atoms with Crippen molar-refractivity contribution in [1.29, 1.82) is 0 Å². The number of hydrogen-bond donors (Lipinski definition) is 1. The number of carboxylic acid groups (broad SMARTS) is 1. The highest BCUT2D eigenvalue weighted by Gasteiger charge is 2.06. The van der Waals surface area contributed by atoms with Gasteiger partial charge in [0, 0.05) is 6.54 Å². The predicted molar refractivity (Wildman–Crippen MR) is 73.7 cm³/mol. The van der Waals surface area contributed by atoms with E-state index < -0.39 is 5.97 Å². The number of carbonyl (C=O) groups is 1. The van der Waals surface area contributed by atoms with Crippen LogP contribution >= 0.6 is 0 Å². The largest absolute Gasteiger partial charge is 0.481 e. The minimum Gasteiger partial charge on any atom is -0.481 e. The van der Waals surface area contributed by atoms with Gasteiger partial charge in [-0.05, 0) is 37.9 Å². The van der Waals surface area contributed by atoms with E-state index in [1.54, 1.807) is 0 Å². The fraction of sp³-hybridized carbons (Fsp3) is 0.533. The Hall–Kier alpha value is -1.35. The van der Waals surface area contributed by atoms with E-state index in [-0.39, 0.29) is 6.42 Å². The third-order valence-corrected chi connectivity index (χ3v) is 2.96. The lowest BCUT2D eigenvalue weighted by Crippen LogP contribution is -2.28. The first-order chi connectivity index (χ1) is 8.72. The second-order valence-corrected chi connectivity index (χ2v) is 4.57. The van der Waals surface area contributed by atoms with E-state index in [1.165, 1.54) is 5.56 Å². The summed E-state index contributed by atoms with van der Waals surface area (Å²) in [4.78, 5) is 12.8. The molecule has 0 spiro atoms. The summed E-state index contributed by atoms with van der Waals surface area (Å²) in [5, 5.41) is 8.71. The van der Waals surface area contributed by atoms with Crippen molar-refractivity contribution in [1.82, 2.24) is 4.90 Å². The SMILES string of the molecule is CCCN(CCCc1ccccc1)CCC(=O)O. The molecule has 0 aliphatic rings. The number of carboxylic acids is 1. The van der Waals surface area contributed by atoms with Gasteiger partial charge < -0.3 is 10.0 Å². The summed E-state index contributed by atoms with van der Waals surface area (Å²) in [6.45, 7) is 4.76. The van der Waals surface area contributed by atoms with Gasteiger partial charge >= 0.3 is 5.97 Å². The molecule has 0 atom stereocenters. The Morgan fingerprint density at radius 1 is 1.17 bits per heavy atom. The van der Waals surface area contributed by atoms with Gasteiger partial charge in [-0.3, -0.25) is 4.79 Å². The first-order valence-corrected chi connectivity index (χ1v) is 6.70. The molecule has 0 amide bonds. The molecule has 0 bridgehead atoms. The van der Waals surface area contributed by atoms with E-state index >= 15 is 0 Å². The minimum absolute atomic E-state index is 0.241. The molecule has 0 unspecified atom stereocenters. The van der Waals surface area contributed by atoms with Crippen LogP contribution in [0.5, 0.6) is 0 Å². The van der Waals surface area contributed by atoms with Crippen molar-refractivity contribution < 1.29 is 9.90 Å². The second kappa shape index (κ2) is 8.70. The normalized spacial score (nSPS) is 10.8. The van der Waals surface area contributed by atoms with E-state index in [1.807, 2.05) is 6.07 Å². The van der Waals surface area contributed by atoms with Crippen molar-refractivity contribution in [3.63, 3.8) is 0 Å². The molecule has 0 fully saturated rings. The smallest absolute Gasteiger partial charge is 0.304 e. The zero-order chi connectivity index (χ0) is 13.2. The van der Waals surface area contributed by atoms with Crippen LogP contribution in [0.3, 0.4) is 0 Å². The molecule has 0 aliphatic heterocycles. The fourth-order valence-electron chi connectivity index (χ4n) is 2.06. The summed E-state index contributed by atoms with van der Waals surface area (Å²) in [5.74, 6) is -0.709. The predicted octanol–water partition coefficient (Wildman–Crippen LogP) is 2.81. The van der Waals surface area contributed by atoms with Crippen LogP contribution in [-0.4, -0.2) is 35.6 Å². The van der Waals surface area contributed by atoms with Crippen LogP contribution in [0.25, 0.3) is 0 Å². The topological polar surface area (TPSA) is 40.5 Å². The third kappa shape index (κ3) is 6.40. The maximum atomic E-state index is 10.6. The monoisotopic (exact) mass is 249 g/mol. The maximum absolute atomic E-state index is 10.6. The number of aryl methyl sites for hydroxylation is 1. The zero-order valence-corrected chi connectivity index (χ0v) is 11.1. The molecular weight excluding hydrogens is 226 g/mol. The van der Waals surface area contributed by atoms with Crippen molar-refractivity contribution >= 4 is 5.97 Å². The molecule has 18 heavy (non-hydrogen) atoms. The lowest BCUT2D eigenvalue weighted by Gasteiger charge is -2.20. The van der Waals surface area contributed by atoms with Crippen LogP contribution in [0.4, 0.5) is 0 Å². The van der Waals surface area contributed by atoms with Gasteiger partial charge in [-0.2, -0.15) is 0 Å². The molecule has 3 heteroatoms. The first kappa shape index (κ1) is 14.7. The van der Waals surface area contributed by atoms with Gasteiger partial charge in [0.25, 0.3) is 0 Å². The Labute approximate surface area is 109 Å². The summed E-state index contributed by atoms with van der Waals surface area (Å²) in [7, 11) is 0.